The smallest absolute Gasteiger partial charge is 0.169 e. The van der Waals surface area contributed by atoms with Gasteiger partial charge in [0.25, 0.3) is 0 Å². The molecule has 2 nitrogen and oxygen atoms in total. The van der Waals surface area contributed by atoms with Crippen LogP contribution in [0, 0.1) is 12.8 Å². The van der Waals surface area contributed by atoms with E-state index in [1.165, 1.54) is 0 Å². The Morgan fingerprint density at radius 1 is 1.47 bits per heavy atom. The lowest BCUT2D eigenvalue weighted by Gasteiger charge is -2.09. The van der Waals surface area contributed by atoms with Gasteiger partial charge in [-0.25, -0.2) is 0 Å². The number of aryl methyl sites for hydroxylation is 1. The number of Topliss-reactive ketones (excluding diaryl/α,β-unsaturated/α-hetero) is 1. The molecule has 0 atom stereocenters. The first kappa shape index (κ1) is 10.5. The molecule has 1 aliphatic rings. The Bertz CT molecular complexity index is 408. The van der Waals surface area contributed by atoms with Crippen LogP contribution in [0.4, 0.5) is 0 Å². The molecule has 15 heavy (non-hydrogen) atoms. The number of carbonyl (C=O) groups excluding carboxylic acids is 1. The maximum absolute atomic E-state index is 11.9. The molecule has 2 rings (SSSR count). The number of rotatable bonds is 3. The lowest BCUT2D eigenvalue weighted by Crippen LogP contribution is -2.04. The van der Waals surface area contributed by atoms with Gasteiger partial charge in [-0.15, -0.1) is 0 Å². The summed E-state index contributed by atoms with van der Waals surface area (Å²) in [6.45, 7) is 1.90. The Labute approximate surface area is 94.2 Å². The second-order valence-corrected chi connectivity index (χ2v) is 4.35. The predicted octanol–water partition coefficient (Wildman–Crippen LogP) is 3.25. The second-order valence-electron chi connectivity index (χ2n) is 3.94. The van der Waals surface area contributed by atoms with Gasteiger partial charge >= 0.3 is 0 Å². The van der Waals surface area contributed by atoms with Gasteiger partial charge in [-0.3, -0.25) is 4.79 Å². The number of benzene rings is 1. The van der Waals surface area contributed by atoms with E-state index in [2.05, 4.69) is 0 Å². The Morgan fingerprint density at radius 3 is 2.67 bits per heavy atom. The molecule has 0 heterocycles. The molecule has 0 amide bonds. The molecule has 0 aliphatic heterocycles. The third-order valence-electron chi connectivity index (χ3n) is 2.69. The molecular formula is C12H13ClO2. The van der Waals surface area contributed by atoms with Crippen molar-refractivity contribution in [3.8, 4) is 5.75 Å². The number of hydrogen-bond donors (Lipinski definition) is 0. The van der Waals surface area contributed by atoms with Crippen molar-refractivity contribution in [3.63, 3.8) is 0 Å². The molecule has 0 aromatic heterocycles. The highest BCUT2D eigenvalue weighted by Crippen LogP contribution is 2.36. The van der Waals surface area contributed by atoms with Gasteiger partial charge in [0, 0.05) is 10.9 Å². The number of ether oxygens (including phenoxy) is 1. The standard InChI is InChI=1S/C12H13ClO2/c1-7-5-11(15-2)9(6-10(7)13)12(14)8-3-4-8/h5-6,8H,3-4H2,1-2H3. The van der Waals surface area contributed by atoms with Crippen LogP contribution in [0.2, 0.25) is 5.02 Å². The second kappa shape index (κ2) is 3.86. The first-order valence-electron chi connectivity index (χ1n) is 5.02. The largest absolute Gasteiger partial charge is 0.496 e. The van der Waals surface area contributed by atoms with Crippen molar-refractivity contribution in [2.75, 3.05) is 7.11 Å². The summed E-state index contributed by atoms with van der Waals surface area (Å²) in [7, 11) is 1.58. The molecule has 1 saturated carbocycles. The Kier molecular flexibility index (Phi) is 2.70. The van der Waals surface area contributed by atoms with E-state index in [4.69, 9.17) is 16.3 Å². The van der Waals surface area contributed by atoms with Gasteiger partial charge in [-0.1, -0.05) is 11.6 Å². The topological polar surface area (TPSA) is 26.3 Å². The molecule has 1 fully saturated rings. The van der Waals surface area contributed by atoms with Gasteiger partial charge in [0.2, 0.25) is 0 Å². The van der Waals surface area contributed by atoms with E-state index < -0.39 is 0 Å². The number of hydrogen-bond acceptors (Lipinski definition) is 2. The van der Waals surface area contributed by atoms with Gasteiger partial charge in [-0.05, 0) is 37.5 Å². The minimum atomic E-state index is 0.161. The molecule has 1 aromatic rings. The monoisotopic (exact) mass is 224 g/mol. The number of carbonyl (C=O) groups is 1. The summed E-state index contributed by atoms with van der Waals surface area (Å²) in [5, 5.41) is 0.625. The molecule has 0 radical (unpaired) electrons. The zero-order valence-corrected chi connectivity index (χ0v) is 9.60. The van der Waals surface area contributed by atoms with E-state index in [1.807, 2.05) is 13.0 Å². The molecule has 1 aromatic carbocycles. The highest BCUT2D eigenvalue weighted by Gasteiger charge is 2.32. The predicted molar refractivity (Wildman–Crippen MR) is 59.8 cm³/mol. The highest BCUT2D eigenvalue weighted by molar-refractivity contribution is 6.31. The van der Waals surface area contributed by atoms with E-state index >= 15 is 0 Å². The number of ketones is 1. The lowest BCUT2D eigenvalue weighted by molar-refractivity contribution is 0.0964. The molecule has 0 N–H and O–H groups in total. The average molecular weight is 225 g/mol. The van der Waals surface area contributed by atoms with Gasteiger partial charge in [0.15, 0.2) is 5.78 Å². The summed E-state index contributed by atoms with van der Waals surface area (Å²) >= 11 is 6.00. The molecule has 0 unspecified atom stereocenters. The third-order valence-corrected chi connectivity index (χ3v) is 3.10. The minimum Gasteiger partial charge on any atom is -0.496 e. The molecule has 0 spiro atoms. The molecule has 1 aliphatic carbocycles. The fourth-order valence-corrected chi connectivity index (χ4v) is 1.75. The van der Waals surface area contributed by atoms with E-state index in [0.29, 0.717) is 16.3 Å². The van der Waals surface area contributed by atoms with Crippen LogP contribution in [0.1, 0.15) is 28.8 Å². The molecule has 3 heteroatoms. The van der Waals surface area contributed by atoms with Crippen LogP contribution in [-0.4, -0.2) is 12.9 Å². The number of halogens is 1. The molecule has 0 saturated heterocycles. The van der Waals surface area contributed by atoms with Crippen molar-refractivity contribution in [1.29, 1.82) is 0 Å². The minimum absolute atomic E-state index is 0.161. The van der Waals surface area contributed by atoms with E-state index in [9.17, 15) is 4.79 Å². The van der Waals surface area contributed by atoms with Crippen molar-refractivity contribution in [2.24, 2.45) is 5.92 Å². The lowest BCUT2D eigenvalue weighted by atomic mass is 10.0. The van der Waals surface area contributed by atoms with Crippen LogP contribution < -0.4 is 4.74 Å². The van der Waals surface area contributed by atoms with Crippen molar-refractivity contribution >= 4 is 17.4 Å². The third kappa shape index (κ3) is 2.00. The molecule has 80 valence electrons. The fourth-order valence-electron chi connectivity index (χ4n) is 1.58. The van der Waals surface area contributed by atoms with Crippen molar-refractivity contribution in [3.05, 3.63) is 28.3 Å². The summed E-state index contributed by atoms with van der Waals surface area (Å²) in [4.78, 5) is 11.9. The van der Waals surface area contributed by atoms with Gasteiger partial charge in [-0.2, -0.15) is 0 Å². The van der Waals surface area contributed by atoms with Crippen molar-refractivity contribution in [1.82, 2.24) is 0 Å². The zero-order chi connectivity index (χ0) is 11.0. The molecular weight excluding hydrogens is 212 g/mol. The van der Waals surface area contributed by atoms with Gasteiger partial charge in [0.05, 0.1) is 12.7 Å². The van der Waals surface area contributed by atoms with Gasteiger partial charge in [0.1, 0.15) is 5.75 Å². The molecule has 0 bridgehead atoms. The first-order valence-corrected chi connectivity index (χ1v) is 5.39. The van der Waals surface area contributed by atoms with E-state index in [1.54, 1.807) is 13.2 Å². The normalized spacial score (nSPS) is 15.1. The zero-order valence-electron chi connectivity index (χ0n) is 8.84. The Morgan fingerprint density at radius 2 is 2.13 bits per heavy atom. The Hall–Kier alpha value is -1.02. The van der Waals surface area contributed by atoms with Crippen LogP contribution in [0.5, 0.6) is 5.75 Å². The van der Waals surface area contributed by atoms with E-state index in [0.717, 1.165) is 18.4 Å². The van der Waals surface area contributed by atoms with E-state index in [-0.39, 0.29) is 11.7 Å². The van der Waals surface area contributed by atoms with Gasteiger partial charge < -0.3 is 4.74 Å². The number of methoxy groups -OCH3 is 1. The quantitative estimate of drug-likeness (QED) is 0.737. The van der Waals surface area contributed by atoms with Crippen LogP contribution in [-0.2, 0) is 0 Å². The fraction of sp³-hybridized carbons (Fsp3) is 0.417. The van der Waals surface area contributed by atoms with Crippen LogP contribution in [0.25, 0.3) is 0 Å². The van der Waals surface area contributed by atoms with Crippen LogP contribution >= 0.6 is 11.6 Å². The van der Waals surface area contributed by atoms with Crippen molar-refractivity contribution in [2.45, 2.75) is 19.8 Å². The highest BCUT2D eigenvalue weighted by atomic mass is 35.5. The summed E-state index contributed by atoms with van der Waals surface area (Å²) < 4.78 is 5.20. The first-order chi connectivity index (χ1) is 7.13. The summed E-state index contributed by atoms with van der Waals surface area (Å²) in [6, 6.07) is 3.54. The maximum Gasteiger partial charge on any atom is 0.169 e. The summed E-state index contributed by atoms with van der Waals surface area (Å²) in [5.74, 6) is 0.986. The van der Waals surface area contributed by atoms with Crippen molar-refractivity contribution < 1.29 is 9.53 Å². The van der Waals surface area contributed by atoms with Crippen LogP contribution in [0.3, 0.4) is 0 Å². The maximum atomic E-state index is 11.9. The summed E-state index contributed by atoms with van der Waals surface area (Å²) in [5.41, 5.74) is 1.55. The van der Waals surface area contributed by atoms with Crippen LogP contribution in [0.15, 0.2) is 12.1 Å². The Balaban J connectivity index is 2.43. The average Bonchev–Trinajstić information content (AvgIpc) is 3.04. The SMILES string of the molecule is COc1cc(C)c(Cl)cc1C(=O)C1CC1. The summed E-state index contributed by atoms with van der Waals surface area (Å²) in [6.07, 6.45) is 1.99.